The van der Waals surface area contributed by atoms with Crippen LogP contribution in [0.2, 0.25) is 0 Å². The van der Waals surface area contributed by atoms with Gasteiger partial charge in [0.25, 0.3) is 5.78 Å². The minimum absolute atomic E-state index is 0.184. The summed E-state index contributed by atoms with van der Waals surface area (Å²) in [5, 5.41) is 0. The van der Waals surface area contributed by atoms with Crippen molar-refractivity contribution in [3.63, 3.8) is 0 Å². The molecule has 4 nitrogen and oxygen atoms in total. The molecule has 2 rings (SSSR count). The van der Waals surface area contributed by atoms with Gasteiger partial charge in [0.15, 0.2) is 6.10 Å². The number of rotatable bonds is 2. The fourth-order valence-corrected chi connectivity index (χ4v) is 2.17. The number of hydrogen-bond acceptors (Lipinski definition) is 2. The second-order valence-electron chi connectivity index (χ2n) is 3.77. The third-order valence-electron chi connectivity index (χ3n) is 2.92. The van der Waals surface area contributed by atoms with E-state index in [9.17, 15) is 4.79 Å². The lowest BCUT2D eigenvalue weighted by Crippen LogP contribution is -2.24. The Kier molecular flexibility index (Phi) is 2.02. The molecule has 1 atom stereocenters. The largest absolute Gasteiger partial charge is 0.361 e. The van der Waals surface area contributed by atoms with Gasteiger partial charge in [0.05, 0.1) is 0 Å². The molecule has 0 aromatic rings. The van der Waals surface area contributed by atoms with Crippen LogP contribution in [-0.4, -0.2) is 28.5 Å². The highest BCUT2D eigenvalue weighted by atomic mass is 16.6. The summed E-state index contributed by atoms with van der Waals surface area (Å²) in [5.41, 5.74) is 8.01. The first-order chi connectivity index (χ1) is 6.28. The molecule has 0 radical (unpaired) electrons. The fourth-order valence-electron chi connectivity index (χ4n) is 2.17. The summed E-state index contributed by atoms with van der Waals surface area (Å²) in [6, 6.07) is 0. The molecular weight excluding hydrogens is 168 g/mol. The second kappa shape index (κ2) is 3.05. The monoisotopic (exact) mass is 180 g/mol. The summed E-state index contributed by atoms with van der Waals surface area (Å²) in [6.45, 7) is 0. The van der Waals surface area contributed by atoms with Gasteiger partial charge in [-0.1, -0.05) is 19.3 Å². The molecule has 0 aromatic heterocycles. The summed E-state index contributed by atoms with van der Waals surface area (Å²) < 4.78 is 5.41. The van der Waals surface area contributed by atoms with Crippen LogP contribution in [-0.2, 0) is 9.53 Å². The minimum Gasteiger partial charge on any atom is -0.361 e. The number of ether oxygens (including phenoxy) is 1. The third-order valence-corrected chi connectivity index (χ3v) is 2.92. The number of epoxide rings is 1. The molecule has 1 aliphatic heterocycles. The first kappa shape index (κ1) is 8.60. The van der Waals surface area contributed by atoms with Gasteiger partial charge in [0.1, 0.15) is 5.60 Å². The van der Waals surface area contributed by atoms with E-state index in [1.807, 2.05) is 0 Å². The molecule has 2 aliphatic rings. The van der Waals surface area contributed by atoms with Gasteiger partial charge in [-0.05, 0) is 12.8 Å². The van der Waals surface area contributed by atoms with E-state index in [1.165, 1.54) is 6.42 Å². The Morgan fingerprint density at radius 1 is 1.46 bits per heavy atom. The van der Waals surface area contributed by atoms with Gasteiger partial charge in [0.2, 0.25) is 0 Å². The number of nitrogens with zero attached hydrogens (tertiary/aromatic N) is 2. The average Bonchev–Trinajstić information content (AvgIpc) is 2.81. The van der Waals surface area contributed by atoms with Crippen molar-refractivity contribution in [2.45, 2.75) is 43.8 Å². The van der Waals surface area contributed by atoms with E-state index in [2.05, 4.69) is 4.79 Å². The molecule has 0 N–H and O–H groups in total. The van der Waals surface area contributed by atoms with Crippen LogP contribution in [0.3, 0.4) is 0 Å². The zero-order valence-corrected chi connectivity index (χ0v) is 7.40. The Morgan fingerprint density at radius 2 is 2.15 bits per heavy atom. The summed E-state index contributed by atoms with van der Waals surface area (Å²) in [4.78, 5) is 14.0. The van der Waals surface area contributed by atoms with E-state index < -0.39 is 0 Å². The Labute approximate surface area is 76.5 Å². The highest BCUT2D eigenvalue weighted by Crippen LogP contribution is 2.48. The van der Waals surface area contributed by atoms with Gasteiger partial charge in [-0.2, -0.15) is 4.79 Å². The third kappa shape index (κ3) is 1.43. The molecule has 1 aliphatic carbocycles. The number of Topliss-reactive ketones (excluding diaryl/α,β-unsaturated/α-hetero) is 1. The van der Waals surface area contributed by atoms with Crippen molar-refractivity contribution in [2.75, 3.05) is 0 Å². The maximum atomic E-state index is 11.2. The average molecular weight is 180 g/mol. The van der Waals surface area contributed by atoms with Crippen molar-refractivity contribution in [3.05, 3.63) is 5.53 Å². The molecule has 0 bridgehead atoms. The summed E-state index contributed by atoms with van der Waals surface area (Å²) in [6.07, 6.45) is 6.07. The zero-order chi connectivity index (χ0) is 9.31. The van der Waals surface area contributed by atoms with Crippen molar-refractivity contribution >= 4 is 12.0 Å². The molecule has 1 spiro atoms. The van der Waals surface area contributed by atoms with Crippen molar-refractivity contribution in [2.24, 2.45) is 0 Å². The van der Waals surface area contributed by atoms with E-state index in [4.69, 9.17) is 10.3 Å². The topological polar surface area (TPSA) is 66.0 Å². The van der Waals surface area contributed by atoms with Crippen molar-refractivity contribution in [3.8, 4) is 0 Å². The van der Waals surface area contributed by atoms with Crippen LogP contribution in [0, 0.1) is 0 Å². The Balaban J connectivity index is 1.99. The Hall–Kier alpha value is -0.990. The summed E-state index contributed by atoms with van der Waals surface area (Å²) in [5.74, 6) is -0.204. The van der Waals surface area contributed by atoms with Crippen molar-refractivity contribution < 1.29 is 14.3 Å². The molecular formula is C9H12N2O2. The van der Waals surface area contributed by atoms with Crippen LogP contribution in [0.5, 0.6) is 0 Å². The SMILES string of the molecule is [N-]=[N+]=CC(=O)[C@H]1OC12CCCCC2. The predicted molar refractivity (Wildman–Crippen MR) is 45.4 cm³/mol. The Bertz CT molecular complexity index is 275. The first-order valence-electron chi connectivity index (χ1n) is 4.68. The number of hydrogen-bond donors (Lipinski definition) is 0. The van der Waals surface area contributed by atoms with E-state index in [0.29, 0.717) is 0 Å². The molecule has 1 heterocycles. The molecule has 2 fully saturated rings. The Morgan fingerprint density at radius 3 is 2.77 bits per heavy atom. The van der Waals surface area contributed by atoms with Gasteiger partial charge in [0, 0.05) is 0 Å². The highest BCUT2D eigenvalue weighted by molar-refractivity contribution is 6.28. The van der Waals surface area contributed by atoms with Crippen LogP contribution < -0.4 is 0 Å². The van der Waals surface area contributed by atoms with E-state index >= 15 is 0 Å². The highest BCUT2D eigenvalue weighted by Gasteiger charge is 2.60. The van der Waals surface area contributed by atoms with E-state index in [1.54, 1.807) is 0 Å². The predicted octanol–water partition coefficient (Wildman–Crippen LogP) is 0.958. The maximum absolute atomic E-state index is 11.2. The van der Waals surface area contributed by atoms with Gasteiger partial charge in [-0.3, -0.25) is 4.79 Å². The van der Waals surface area contributed by atoms with Crippen molar-refractivity contribution in [1.29, 1.82) is 0 Å². The quantitative estimate of drug-likeness (QED) is 0.275. The molecule has 1 saturated carbocycles. The lowest BCUT2D eigenvalue weighted by atomic mass is 9.85. The molecule has 1 saturated heterocycles. The number of carbonyl (C=O) groups is 1. The van der Waals surface area contributed by atoms with E-state index in [-0.39, 0.29) is 17.5 Å². The fraction of sp³-hybridized carbons (Fsp3) is 0.778. The number of carbonyl (C=O) groups excluding carboxylic acids is 1. The molecule has 70 valence electrons. The first-order valence-corrected chi connectivity index (χ1v) is 4.68. The summed E-state index contributed by atoms with van der Waals surface area (Å²) in [7, 11) is 0. The molecule has 4 heteroatoms. The minimum atomic E-state index is -0.330. The molecule has 0 unspecified atom stereocenters. The molecule has 13 heavy (non-hydrogen) atoms. The number of ketones is 1. The van der Waals surface area contributed by atoms with Gasteiger partial charge < -0.3 is 10.3 Å². The molecule has 0 aromatic carbocycles. The summed E-state index contributed by atoms with van der Waals surface area (Å²) >= 11 is 0. The van der Waals surface area contributed by atoms with Crippen LogP contribution >= 0.6 is 0 Å². The van der Waals surface area contributed by atoms with Gasteiger partial charge >= 0.3 is 6.21 Å². The normalized spacial score (nSPS) is 29.4. The zero-order valence-electron chi connectivity index (χ0n) is 7.40. The van der Waals surface area contributed by atoms with Gasteiger partial charge in [-0.15, -0.1) is 0 Å². The van der Waals surface area contributed by atoms with Crippen molar-refractivity contribution in [1.82, 2.24) is 0 Å². The van der Waals surface area contributed by atoms with E-state index in [0.717, 1.165) is 31.9 Å². The molecule has 0 amide bonds. The van der Waals surface area contributed by atoms with Crippen LogP contribution in [0.1, 0.15) is 32.1 Å². The van der Waals surface area contributed by atoms with Crippen LogP contribution in [0.25, 0.3) is 5.53 Å². The van der Waals surface area contributed by atoms with Crippen LogP contribution in [0.4, 0.5) is 0 Å². The smallest absolute Gasteiger partial charge is 0.326 e. The maximum Gasteiger partial charge on any atom is 0.326 e. The van der Waals surface area contributed by atoms with Crippen LogP contribution in [0.15, 0.2) is 0 Å². The lowest BCUT2D eigenvalue weighted by Gasteiger charge is -2.17. The standard InChI is InChI=1S/C9H12N2O2/c10-11-6-7(12)8-9(13-8)4-2-1-3-5-9/h6,8H,1-5H2/t8-/m1/s1. The second-order valence-corrected chi connectivity index (χ2v) is 3.77. The van der Waals surface area contributed by atoms with Gasteiger partial charge in [-0.25, -0.2) is 0 Å². The lowest BCUT2D eigenvalue weighted by molar-refractivity contribution is -0.117.